The lowest BCUT2D eigenvalue weighted by atomic mass is 9.97. The molecule has 0 bridgehead atoms. The zero-order valence-corrected chi connectivity index (χ0v) is 16.7. The predicted molar refractivity (Wildman–Crippen MR) is 112 cm³/mol. The number of phenolic OH excluding ortho intramolecular Hbond substituents is 1. The standard InChI is InChI=1S/C23H27N3O/c1-5-25(6-2)11-12-26-10-9-18-16(4)23-22(15(3)20(18)14-26)19-13-17(27)7-8-21(19)24-23/h7-10,13-14,27H,5-6,11-12H2,1-4H3/p+2. The van der Waals surface area contributed by atoms with Crippen LogP contribution in [0.2, 0.25) is 0 Å². The fourth-order valence-electron chi connectivity index (χ4n) is 4.31. The largest absolute Gasteiger partial charge is 0.508 e. The number of fused-ring (bicyclic) bond motifs is 4. The van der Waals surface area contributed by atoms with E-state index in [0.29, 0.717) is 5.75 Å². The van der Waals surface area contributed by atoms with E-state index in [2.05, 4.69) is 55.7 Å². The van der Waals surface area contributed by atoms with Gasteiger partial charge in [-0.25, -0.2) is 0 Å². The summed E-state index contributed by atoms with van der Waals surface area (Å²) in [5.41, 5.74) is 4.78. The van der Waals surface area contributed by atoms with E-state index in [1.54, 1.807) is 11.0 Å². The van der Waals surface area contributed by atoms with Gasteiger partial charge in [0, 0.05) is 27.7 Å². The van der Waals surface area contributed by atoms with Crippen molar-refractivity contribution in [3.05, 3.63) is 47.8 Å². The Hall–Kier alpha value is -2.59. The SMILES string of the molecule is CC[NH+](CC)CC[n+]1ccc2c(C)c3[nH]c4ccc(O)cc4c3c(C)c2c1. The lowest BCUT2D eigenvalue weighted by Gasteiger charge is -2.13. The van der Waals surface area contributed by atoms with E-state index in [0.717, 1.165) is 24.0 Å². The van der Waals surface area contributed by atoms with Crippen molar-refractivity contribution in [1.82, 2.24) is 4.98 Å². The molecule has 0 aliphatic heterocycles. The highest BCUT2D eigenvalue weighted by Crippen LogP contribution is 2.36. The van der Waals surface area contributed by atoms with Gasteiger partial charge in [0.15, 0.2) is 18.9 Å². The fourth-order valence-corrected chi connectivity index (χ4v) is 4.31. The van der Waals surface area contributed by atoms with Crippen LogP contribution in [0.5, 0.6) is 5.75 Å². The van der Waals surface area contributed by atoms with E-state index in [9.17, 15) is 5.11 Å². The molecule has 0 atom stereocenters. The lowest BCUT2D eigenvalue weighted by Crippen LogP contribution is -3.12. The van der Waals surface area contributed by atoms with E-state index in [1.165, 1.54) is 45.9 Å². The van der Waals surface area contributed by atoms with Crippen molar-refractivity contribution in [2.45, 2.75) is 34.2 Å². The van der Waals surface area contributed by atoms with Crippen molar-refractivity contribution in [3.8, 4) is 5.75 Å². The summed E-state index contributed by atoms with van der Waals surface area (Å²) in [6.07, 6.45) is 4.50. The van der Waals surface area contributed by atoms with Gasteiger partial charge < -0.3 is 15.0 Å². The van der Waals surface area contributed by atoms with Crippen LogP contribution in [0.15, 0.2) is 36.7 Å². The van der Waals surface area contributed by atoms with Gasteiger partial charge in [-0.1, -0.05) is 0 Å². The number of quaternary nitrogens is 1. The molecule has 0 unspecified atom stereocenters. The molecule has 0 saturated heterocycles. The average molecular weight is 364 g/mol. The maximum absolute atomic E-state index is 9.97. The molecule has 4 heteroatoms. The number of likely N-dealkylation sites (N-methyl/N-ethyl adjacent to an activating group) is 1. The predicted octanol–water partition coefficient (Wildman–Crippen LogP) is 3.01. The third-order valence-corrected chi connectivity index (χ3v) is 6.08. The van der Waals surface area contributed by atoms with Crippen LogP contribution in [0.4, 0.5) is 0 Å². The summed E-state index contributed by atoms with van der Waals surface area (Å²) in [5, 5.41) is 14.9. The number of benzene rings is 2. The molecule has 0 aliphatic carbocycles. The quantitative estimate of drug-likeness (QED) is 0.469. The fraction of sp³-hybridized carbons (Fsp3) is 0.348. The molecule has 2 heterocycles. The molecular weight excluding hydrogens is 334 g/mol. The van der Waals surface area contributed by atoms with Crippen LogP contribution in [0, 0.1) is 13.8 Å². The van der Waals surface area contributed by atoms with Crippen LogP contribution in [-0.2, 0) is 6.54 Å². The number of aromatic hydroxyl groups is 1. The van der Waals surface area contributed by atoms with Crippen molar-refractivity contribution in [2.24, 2.45) is 0 Å². The number of aromatic nitrogens is 2. The minimum atomic E-state index is 0.311. The molecule has 4 aromatic rings. The normalized spacial score (nSPS) is 12.0. The molecule has 0 saturated carbocycles. The summed E-state index contributed by atoms with van der Waals surface area (Å²) in [7, 11) is 0. The highest BCUT2D eigenvalue weighted by molar-refractivity contribution is 6.16. The molecule has 0 fully saturated rings. The van der Waals surface area contributed by atoms with E-state index < -0.39 is 0 Å². The van der Waals surface area contributed by atoms with Crippen molar-refractivity contribution < 1.29 is 14.6 Å². The average Bonchev–Trinajstić information content (AvgIpc) is 3.06. The zero-order chi connectivity index (χ0) is 19.1. The number of H-pyrrole nitrogens is 1. The minimum Gasteiger partial charge on any atom is -0.508 e. The number of hydrogen-bond donors (Lipinski definition) is 3. The Kier molecular flexibility index (Phi) is 4.52. The molecule has 27 heavy (non-hydrogen) atoms. The van der Waals surface area contributed by atoms with E-state index in [4.69, 9.17) is 0 Å². The first kappa shape index (κ1) is 17.8. The third kappa shape index (κ3) is 2.94. The molecule has 3 N–H and O–H groups in total. The summed E-state index contributed by atoms with van der Waals surface area (Å²) in [5.74, 6) is 0.311. The Morgan fingerprint density at radius 1 is 1.00 bits per heavy atom. The van der Waals surface area contributed by atoms with Crippen LogP contribution < -0.4 is 9.47 Å². The van der Waals surface area contributed by atoms with Gasteiger partial charge >= 0.3 is 0 Å². The summed E-state index contributed by atoms with van der Waals surface area (Å²) in [4.78, 5) is 5.18. The van der Waals surface area contributed by atoms with Gasteiger partial charge in [0.1, 0.15) is 12.3 Å². The summed E-state index contributed by atoms with van der Waals surface area (Å²) >= 11 is 0. The van der Waals surface area contributed by atoms with E-state index in [1.807, 2.05) is 12.1 Å². The highest BCUT2D eigenvalue weighted by Gasteiger charge is 2.17. The molecule has 0 aliphatic rings. The molecule has 2 aromatic carbocycles. The Labute approximate surface area is 160 Å². The van der Waals surface area contributed by atoms with Crippen molar-refractivity contribution in [3.63, 3.8) is 0 Å². The van der Waals surface area contributed by atoms with Gasteiger partial charge in [-0.05, 0) is 62.4 Å². The van der Waals surface area contributed by atoms with Crippen molar-refractivity contribution >= 4 is 32.6 Å². The Morgan fingerprint density at radius 2 is 1.78 bits per heavy atom. The second-order valence-electron chi connectivity index (χ2n) is 7.57. The molecular formula is C23H29N3O+2. The number of phenols is 1. The van der Waals surface area contributed by atoms with Gasteiger partial charge in [0.2, 0.25) is 0 Å². The van der Waals surface area contributed by atoms with Crippen LogP contribution in [-0.4, -0.2) is 29.7 Å². The monoisotopic (exact) mass is 363 g/mol. The van der Waals surface area contributed by atoms with Crippen LogP contribution in [0.25, 0.3) is 32.6 Å². The molecule has 0 spiro atoms. The number of rotatable bonds is 5. The molecule has 2 aromatic heterocycles. The molecule has 4 rings (SSSR count). The van der Waals surface area contributed by atoms with Gasteiger partial charge in [-0.3, -0.25) is 0 Å². The molecule has 4 nitrogen and oxygen atoms in total. The topological polar surface area (TPSA) is 44.3 Å². The second kappa shape index (κ2) is 6.86. The second-order valence-corrected chi connectivity index (χ2v) is 7.57. The Balaban J connectivity index is 1.90. The van der Waals surface area contributed by atoms with Crippen molar-refractivity contribution in [2.75, 3.05) is 19.6 Å². The van der Waals surface area contributed by atoms with E-state index >= 15 is 0 Å². The summed E-state index contributed by atoms with van der Waals surface area (Å²) in [6, 6.07) is 7.82. The maximum atomic E-state index is 9.97. The Morgan fingerprint density at radius 3 is 2.52 bits per heavy atom. The van der Waals surface area contributed by atoms with E-state index in [-0.39, 0.29) is 0 Å². The third-order valence-electron chi connectivity index (χ3n) is 6.08. The van der Waals surface area contributed by atoms with Gasteiger partial charge in [0.05, 0.1) is 18.6 Å². The first-order valence-corrected chi connectivity index (χ1v) is 9.93. The van der Waals surface area contributed by atoms with Crippen molar-refractivity contribution in [1.29, 1.82) is 0 Å². The first-order chi connectivity index (χ1) is 13.0. The Bertz CT molecular complexity index is 1140. The molecule has 0 radical (unpaired) electrons. The number of aryl methyl sites for hydroxylation is 2. The number of nitrogens with one attached hydrogen (secondary N) is 2. The van der Waals surface area contributed by atoms with Gasteiger partial charge in [-0.15, -0.1) is 0 Å². The smallest absolute Gasteiger partial charge is 0.196 e. The molecule has 140 valence electrons. The number of nitrogens with zero attached hydrogens (tertiary/aromatic N) is 1. The van der Waals surface area contributed by atoms with Crippen LogP contribution in [0.3, 0.4) is 0 Å². The van der Waals surface area contributed by atoms with Gasteiger partial charge in [-0.2, -0.15) is 4.57 Å². The van der Waals surface area contributed by atoms with Crippen LogP contribution >= 0.6 is 0 Å². The summed E-state index contributed by atoms with van der Waals surface area (Å²) in [6.45, 7) is 13.4. The zero-order valence-electron chi connectivity index (χ0n) is 16.7. The maximum Gasteiger partial charge on any atom is 0.196 e. The van der Waals surface area contributed by atoms with Gasteiger partial charge in [0.25, 0.3) is 0 Å². The summed E-state index contributed by atoms with van der Waals surface area (Å²) < 4.78 is 2.32. The first-order valence-electron chi connectivity index (χ1n) is 9.93. The molecule has 0 amide bonds. The number of aromatic amines is 1. The number of pyridine rings is 1. The van der Waals surface area contributed by atoms with Crippen LogP contribution in [0.1, 0.15) is 25.0 Å². The highest BCUT2D eigenvalue weighted by atomic mass is 16.3. The minimum absolute atomic E-state index is 0.311. The number of hydrogen-bond acceptors (Lipinski definition) is 1. The lowest BCUT2D eigenvalue weighted by molar-refractivity contribution is -0.916.